The smallest absolute Gasteiger partial charge is 0.329 e. The number of rotatable bonds is 4. The highest BCUT2D eigenvalue weighted by Gasteiger charge is 1.97. The normalized spacial score (nSPS) is 9.82. The van der Waals surface area contributed by atoms with E-state index in [1.807, 2.05) is 0 Å². The van der Waals surface area contributed by atoms with E-state index in [-0.39, 0.29) is 13.2 Å². The number of carbonyl (C=O) groups is 1. The third-order valence-corrected chi connectivity index (χ3v) is 1.03. The van der Waals surface area contributed by atoms with Gasteiger partial charge in [0, 0.05) is 6.20 Å². The predicted molar refractivity (Wildman–Crippen MR) is 35.9 cm³/mol. The van der Waals surface area contributed by atoms with Crippen LogP contribution in [-0.4, -0.2) is 27.7 Å². The van der Waals surface area contributed by atoms with Crippen LogP contribution >= 0.6 is 0 Å². The summed E-state index contributed by atoms with van der Waals surface area (Å²) in [6.45, 7) is -0.0529. The molecule has 0 aliphatic rings. The molecule has 0 spiro atoms. The van der Waals surface area contributed by atoms with Crippen molar-refractivity contribution in [3.8, 4) is 0 Å². The first-order valence-corrected chi connectivity index (χ1v) is 3.06. The zero-order chi connectivity index (χ0) is 8.10. The van der Waals surface area contributed by atoms with Crippen LogP contribution in [-0.2, 0) is 16.1 Å². The summed E-state index contributed by atoms with van der Waals surface area (Å²) in [6.07, 6.45) is 3.17. The highest BCUT2D eigenvalue weighted by Crippen LogP contribution is 1.92. The minimum absolute atomic E-state index is 0.232. The van der Waals surface area contributed by atoms with Crippen molar-refractivity contribution in [3.05, 3.63) is 18.2 Å². The molecule has 0 amide bonds. The van der Waals surface area contributed by atoms with Crippen LogP contribution in [0.25, 0.3) is 0 Å². The number of hydrogen-bond acceptors (Lipinski definition) is 3. The number of aromatic amines is 1. The van der Waals surface area contributed by atoms with Crippen molar-refractivity contribution < 1.29 is 14.6 Å². The Labute approximate surface area is 63.0 Å². The van der Waals surface area contributed by atoms with E-state index in [4.69, 9.17) is 9.84 Å². The highest BCUT2D eigenvalue weighted by atomic mass is 16.5. The minimum atomic E-state index is -0.972. The molecule has 11 heavy (non-hydrogen) atoms. The van der Waals surface area contributed by atoms with Gasteiger partial charge in [0.25, 0.3) is 0 Å². The summed E-state index contributed by atoms with van der Waals surface area (Å²) in [5.41, 5.74) is 0.700. The maximum atomic E-state index is 9.97. The molecular formula is C6H8N2O3. The average molecular weight is 156 g/mol. The maximum Gasteiger partial charge on any atom is 0.329 e. The fourth-order valence-corrected chi connectivity index (χ4v) is 0.613. The van der Waals surface area contributed by atoms with E-state index in [0.29, 0.717) is 5.69 Å². The van der Waals surface area contributed by atoms with Crippen molar-refractivity contribution in [1.29, 1.82) is 0 Å². The van der Waals surface area contributed by atoms with Gasteiger partial charge in [-0.2, -0.15) is 0 Å². The molecule has 0 unspecified atom stereocenters. The van der Waals surface area contributed by atoms with Crippen molar-refractivity contribution in [1.82, 2.24) is 9.97 Å². The number of carboxylic acid groups (broad SMARTS) is 1. The van der Waals surface area contributed by atoms with Gasteiger partial charge in [-0.1, -0.05) is 0 Å². The van der Waals surface area contributed by atoms with Gasteiger partial charge in [0.1, 0.15) is 6.61 Å². The monoisotopic (exact) mass is 156 g/mol. The Morgan fingerprint density at radius 3 is 3.18 bits per heavy atom. The van der Waals surface area contributed by atoms with Crippen molar-refractivity contribution in [2.24, 2.45) is 0 Å². The Balaban J connectivity index is 2.19. The van der Waals surface area contributed by atoms with E-state index in [9.17, 15) is 4.79 Å². The third-order valence-electron chi connectivity index (χ3n) is 1.03. The number of aliphatic carboxylic acids is 1. The molecule has 1 rings (SSSR count). The number of imidazole rings is 1. The molecule has 5 heteroatoms. The second-order valence-corrected chi connectivity index (χ2v) is 1.95. The lowest BCUT2D eigenvalue weighted by Crippen LogP contribution is -2.06. The molecule has 1 heterocycles. The lowest BCUT2D eigenvalue weighted by molar-refractivity contribution is -0.142. The summed E-state index contributed by atoms with van der Waals surface area (Å²) in [4.78, 5) is 16.5. The van der Waals surface area contributed by atoms with Crippen molar-refractivity contribution in [3.63, 3.8) is 0 Å². The van der Waals surface area contributed by atoms with Crippen LogP contribution in [0, 0.1) is 0 Å². The van der Waals surface area contributed by atoms with Crippen LogP contribution in [0.2, 0.25) is 0 Å². The van der Waals surface area contributed by atoms with Gasteiger partial charge in [0.2, 0.25) is 0 Å². The summed E-state index contributed by atoms with van der Waals surface area (Å²) in [5, 5.41) is 8.19. The van der Waals surface area contributed by atoms with Crippen molar-refractivity contribution >= 4 is 5.97 Å². The van der Waals surface area contributed by atoms with E-state index in [1.54, 1.807) is 6.20 Å². The summed E-state index contributed by atoms with van der Waals surface area (Å²) < 4.78 is 4.76. The molecule has 0 radical (unpaired) electrons. The molecule has 0 saturated carbocycles. The van der Waals surface area contributed by atoms with Crippen LogP contribution < -0.4 is 0 Å². The second kappa shape index (κ2) is 3.72. The quantitative estimate of drug-likeness (QED) is 0.643. The molecule has 0 saturated heterocycles. The van der Waals surface area contributed by atoms with Gasteiger partial charge in [-0.3, -0.25) is 0 Å². The third kappa shape index (κ3) is 2.81. The maximum absolute atomic E-state index is 9.97. The van der Waals surface area contributed by atoms with Gasteiger partial charge in [0.05, 0.1) is 18.6 Å². The first kappa shape index (κ1) is 7.74. The van der Waals surface area contributed by atoms with Gasteiger partial charge in [-0.25, -0.2) is 9.78 Å². The SMILES string of the molecule is O=C(O)COCc1c[nH]cn1. The van der Waals surface area contributed by atoms with E-state index in [1.165, 1.54) is 6.33 Å². The van der Waals surface area contributed by atoms with Gasteiger partial charge in [-0.15, -0.1) is 0 Å². The summed E-state index contributed by atoms with van der Waals surface area (Å²) in [7, 11) is 0. The number of carboxylic acids is 1. The molecular weight excluding hydrogens is 148 g/mol. The van der Waals surface area contributed by atoms with E-state index in [2.05, 4.69) is 9.97 Å². The molecule has 0 bridgehead atoms. The van der Waals surface area contributed by atoms with Crippen LogP contribution in [0.15, 0.2) is 12.5 Å². The Hall–Kier alpha value is -1.36. The Kier molecular flexibility index (Phi) is 2.62. The summed E-state index contributed by atoms with van der Waals surface area (Å²) >= 11 is 0. The number of aromatic nitrogens is 2. The van der Waals surface area contributed by atoms with E-state index >= 15 is 0 Å². The highest BCUT2D eigenvalue weighted by molar-refractivity contribution is 5.67. The molecule has 0 aliphatic heterocycles. The first-order valence-electron chi connectivity index (χ1n) is 3.06. The number of H-pyrrole nitrogens is 1. The van der Waals surface area contributed by atoms with Crippen molar-refractivity contribution in [2.45, 2.75) is 6.61 Å². The van der Waals surface area contributed by atoms with Crippen molar-refractivity contribution in [2.75, 3.05) is 6.61 Å². The molecule has 0 fully saturated rings. The van der Waals surface area contributed by atoms with Crippen LogP contribution in [0.3, 0.4) is 0 Å². The number of hydrogen-bond donors (Lipinski definition) is 2. The molecule has 0 aromatic carbocycles. The van der Waals surface area contributed by atoms with Crippen LogP contribution in [0.5, 0.6) is 0 Å². The molecule has 60 valence electrons. The van der Waals surface area contributed by atoms with Gasteiger partial charge < -0.3 is 14.8 Å². The number of nitrogens with one attached hydrogen (secondary N) is 1. The molecule has 2 N–H and O–H groups in total. The summed E-state index contributed by atoms with van der Waals surface area (Å²) in [5.74, 6) is -0.972. The van der Waals surface area contributed by atoms with Gasteiger partial charge in [0.15, 0.2) is 0 Å². The molecule has 1 aromatic rings. The lowest BCUT2D eigenvalue weighted by Gasteiger charge is -1.95. The van der Waals surface area contributed by atoms with Crippen LogP contribution in [0.1, 0.15) is 5.69 Å². The second-order valence-electron chi connectivity index (χ2n) is 1.95. The largest absolute Gasteiger partial charge is 0.480 e. The molecule has 0 atom stereocenters. The van der Waals surface area contributed by atoms with Gasteiger partial charge >= 0.3 is 5.97 Å². The standard InChI is InChI=1S/C6H8N2O3/c9-6(10)3-11-2-5-1-7-4-8-5/h1,4H,2-3H2,(H,7,8)(H,9,10). The van der Waals surface area contributed by atoms with E-state index < -0.39 is 5.97 Å². The topological polar surface area (TPSA) is 75.2 Å². The lowest BCUT2D eigenvalue weighted by atomic mass is 10.5. The minimum Gasteiger partial charge on any atom is -0.480 e. The Bertz CT molecular complexity index is 220. The zero-order valence-corrected chi connectivity index (χ0v) is 5.78. The fourth-order valence-electron chi connectivity index (χ4n) is 0.613. The Morgan fingerprint density at radius 2 is 2.64 bits per heavy atom. The average Bonchev–Trinajstić information content (AvgIpc) is 2.39. The molecule has 0 aliphatic carbocycles. The van der Waals surface area contributed by atoms with E-state index in [0.717, 1.165) is 0 Å². The summed E-state index contributed by atoms with van der Waals surface area (Å²) in [6, 6.07) is 0. The Morgan fingerprint density at radius 1 is 1.82 bits per heavy atom. The first-order chi connectivity index (χ1) is 5.29. The number of ether oxygens (including phenoxy) is 1. The van der Waals surface area contributed by atoms with Gasteiger partial charge in [-0.05, 0) is 0 Å². The molecule has 5 nitrogen and oxygen atoms in total. The fraction of sp³-hybridized carbons (Fsp3) is 0.333. The van der Waals surface area contributed by atoms with Crippen LogP contribution in [0.4, 0.5) is 0 Å². The predicted octanol–water partition coefficient (Wildman–Crippen LogP) is 0.0109. The number of nitrogens with zero attached hydrogens (tertiary/aromatic N) is 1. The zero-order valence-electron chi connectivity index (χ0n) is 5.78. The molecule has 1 aromatic heterocycles.